The first kappa shape index (κ1) is 12.0. The number of para-hydroxylation sites is 2. The third-order valence-corrected chi connectivity index (χ3v) is 2.25. The van der Waals surface area contributed by atoms with Crippen LogP contribution >= 0.6 is 0 Å². The van der Waals surface area contributed by atoms with Crippen LogP contribution in [0.1, 0.15) is 5.69 Å². The fraction of sp³-hybridized carbons (Fsp3) is 0.167. The Morgan fingerprint density at radius 3 is 2.94 bits per heavy atom. The molecular weight excluding hydrogens is 232 g/mol. The standard InChI is InChI=1S/C12H14N4O2/c1-8-6-11(16-15-8)14-12(17)7-18-10-5-3-2-4-9(10)13/h2-6H,7,13H2,1H3,(H2,14,15,16,17). The number of anilines is 2. The number of carbonyl (C=O) groups excluding carboxylic acids is 1. The number of hydrogen-bond acceptors (Lipinski definition) is 4. The predicted molar refractivity (Wildman–Crippen MR) is 68.3 cm³/mol. The van der Waals surface area contributed by atoms with E-state index in [4.69, 9.17) is 10.5 Å². The van der Waals surface area contributed by atoms with Crippen LogP contribution in [-0.4, -0.2) is 22.7 Å². The number of aryl methyl sites for hydroxylation is 1. The summed E-state index contributed by atoms with van der Waals surface area (Å²) in [5.74, 6) is 0.678. The molecule has 6 nitrogen and oxygen atoms in total. The van der Waals surface area contributed by atoms with E-state index in [9.17, 15) is 4.79 Å². The summed E-state index contributed by atoms with van der Waals surface area (Å²) >= 11 is 0. The summed E-state index contributed by atoms with van der Waals surface area (Å²) in [6.45, 7) is 1.74. The molecule has 0 aliphatic heterocycles. The lowest BCUT2D eigenvalue weighted by atomic mass is 10.3. The van der Waals surface area contributed by atoms with Gasteiger partial charge in [-0.05, 0) is 19.1 Å². The number of rotatable bonds is 4. The molecule has 0 aliphatic carbocycles. The quantitative estimate of drug-likeness (QED) is 0.709. The SMILES string of the molecule is Cc1cc(NC(=O)COc2ccccc2N)n[nH]1. The molecular formula is C12H14N4O2. The Balaban J connectivity index is 1.87. The molecule has 0 spiro atoms. The van der Waals surface area contributed by atoms with Crippen LogP contribution in [0, 0.1) is 6.92 Å². The number of nitrogen functional groups attached to an aromatic ring is 1. The van der Waals surface area contributed by atoms with E-state index < -0.39 is 0 Å². The molecule has 0 bridgehead atoms. The number of ether oxygens (including phenoxy) is 1. The van der Waals surface area contributed by atoms with Gasteiger partial charge in [0.15, 0.2) is 12.4 Å². The van der Waals surface area contributed by atoms with Crippen molar-refractivity contribution in [1.29, 1.82) is 0 Å². The zero-order chi connectivity index (χ0) is 13.0. The van der Waals surface area contributed by atoms with Gasteiger partial charge in [-0.1, -0.05) is 12.1 Å². The van der Waals surface area contributed by atoms with Crippen molar-refractivity contribution in [3.63, 3.8) is 0 Å². The fourth-order valence-corrected chi connectivity index (χ4v) is 1.42. The second kappa shape index (κ2) is 5.22. The molecule has 1 aromatic carbocycles. The third kappa shape index (κ3) is 3.00. The van der Waals surface area contributed by atoms with Gasteiger partial charge >= 0.3 is 0 Å². The highest BCUT2D eigenvalue weighted by Gasteiger charge is 2.06. The second-order valence-corrected chi connectivity index (χ2v) is 3.81. The average molecular weight is 246 g/mol. The van der Waals surface area contributed by atoms with E-state index in [1.165, 1.54) is 0 Å². The lowest BCUT2D eigenvalue weighted by Crippen LogP contribution is -2.20. The van der Waals surface area contributed by atoms with Gasteiger partial charge < -0.3 is 15.8 Å². The summed E-state index contributed by atoms with van der Waals surface area (Å²) in [5, 5.41) is 9.23. The van der Waals surface area contributed by atoms with Crippen LogP contribution in [-0.2, 0) is 4.79 Å². The van der Waals surface area contributed by atoms with Gasteiger partial charge in [-0.15, -0.1) is 0 Å². The van der Waals surface area contributed by atoms with Gasteiger partial charge in [0.2, 0.25) is 0 Å². The van der Waals surface area contributed by atoms with Crippen molar-refractivity contribution < 1.29 is 9.53 Å². The van der Waals surface area contributed by atoms with Crippen LogP contribution in [0.4, 0.5) is 11.5 Å². The summed E-state index contributed by atoms with van der Waals surface area (Å²) in [5.41, 5.74) is 7.06. The van der Waals surface area contributed by atoms with Crippen molar-refractivity contribution >= 4 is 17.4 Å². The normalized spacial score (nSPS) is 10.1. The van der Waals surface area contributed by atoms with Crippen LogP contribution in [0.5, 0.6) is 5.75 Å². The van der Waals surface area contributed by atoms with Crippen LogP contribution in [0.3, 0.4) is 0 Å². The number of amides is 1. The third-order valence-electron chi connectivity index (χ3n) is 2.25. The van der Waals surface area contributed by atoms with Crippen molar-refractivity contribution in [2.75, 3.05) is 17.7 Å². The monoisotopic (exact) mass is 246 g/mol. The Morgan fingerprint density at radius 2 is 2.28 bits per heavy atom. The van der Waals surface area contributed by atoms with E-state index >= 15 is 0 Å². The number of aromatic nitrogens is 2. The Bertz CT molecular complexity index is 551. The number of hydrogen-bond donors (Lipinski definition) is 3. The maximum Gasteiger partial charge on any atom is 0.263 e. The first-order valence-corrected chi connectivity index (χ1v) is 5.44. The highest BCUT2D eigenvalue weighted by atomic mass is 16.5. The van der Waals surface area contributed by atoms with Gasteiger partial charge in [-0.2, -0.15) is 5.10 Å². The zero-order valence-corrected chi connectivity index (χ0v) is 9.93. The van der Waals surface area contributed by atoms with Gasteiger partial charge in [0.1, 0.15) is 5.75 Å². The maximum absolute atomic E-state index is 11.6. The summed E-state index contributed by atoms with van der Waals surface area (Å²) < 4.78 is 5.30. The van der Waals surface area contributed by atoms with Gasteiger partial charge in [0, 0.05) is 11.8 Å². The molecule has 0 unspecified atom stereocenters. The van der Waals surface area contributed by atoms with Crippen molar-refractivity contribution in [3.8, 4) is 5.75 Å². The number of nitrogens with zero attached hydrogens (tertiary/aromatic N) is 1. The molecule has 94 valence electrons. The molecule has 0 atom stereocenters. The zero-order valence-electron chi connectivity index (χ0n) is 9.93. The summed E-state index contributed by atoms with van der Waals surface area (Å²) in [6.07, 6.45) is 0. The molecule has 0 saturated carbocycles. The molecule has 2 aromatic rings. The van der Waals surface area contributed by atoms with Crippen molar-refractivity contribution in [2.45, 2.75) is 6.92 Å². The van der Waals surface area contributed by atoms with E-state index in [0.29, 0.717) is 17.3 Å². The van der Waals surface area contributed by atoms with Crippen LogP contribution in [0.2, 0.25) is 0 Å². The van der Waals surface area contributed by atoms with Gasteiger partial charge in [-0.3, -0.25) is 9.89 Å². The molecule has 18 heavy (non-hydrogen) atoms. The number of benzene rings is 1. The molecule has 1 amide bonds. The highest BCUT2D eigenvalue weighted by Crippen LogP contribution is 2.19. The molecule has 4 N–H and O–H groups in total. The highest BCUT2D eigenvalue weighted by molar-refractivity contribution is 5.91. The first-order chi connectivity index (χ1) is 8.65. The lowest BCUT2D eigenvalue weighted by Gasteiger charge is -2.07. The van der Waals surface area contributed by atoms with Gasteiger partial charge in [-0.25, -0.2) is 0 Å². The Kier molecular flexibility index (Phi) is 3.47. The molecule has 6 heteroatoms. The number of H-pyrrole nitrogens is 1. The molecule has 1 aromatic heterocycles. The Morgan fingerprint density at radius 1 is 1.50 bits per heavy atom. The Hall–Kier alpha value is -2.50. The number of aromatic amines is 1. The van der Waals surface area contributed by atoms with E-state index in [2.05, 4.69) is 15.5 Å². The molecule has 0 aliphatic rings. The molecule has 1 heterocycles. The van der Waals surface area contributed by atoms with Gasteiger partial charge in [0.05, 0.1) is 5.69 Å². The van der Waals surface area contributed by atoms with E-state index in [1.54, 1.807) is 30.3 Å². The Labute approximate surface area is 104 Å². The van der Waals surface area contributed by atoms with E-state index in [0.717, 1.165) is 5.69 Å². The number of nitrogens with two attached hydrogens (primary N) is 1. The fourth-order valence-electron chi connectivity index (χ4n) is 1.42. The first-order valence-electron chi connectivity index (χ1n) is 5.44. The van der Waals surface area contributed by atoms with Crippen molar-refractivity contribution in [3.05, 3.63) is 36.0 Å². The number of carbonyl (C=O) groups is 1. The minimum atomic E-state index is -0.287. The molecule has 0 fully saturated rings. The maximum atomic E-state index is 11.6. The lowest BCUT2D eigenvalue weighted by molar-refractivity contribution is -0.118. The smallest absolute Gasteiger partial charge is 0.263 e. The topological polar surface area (TPSA) is 93.0 Å². The van der Waals surface area contributed by atoms with E-state index in [-0.39, 0.29) is 12.5 Å². The van der Waals surface area contributed by atoms with Crippen LogP contribution < -0.4 is 15.8 Å². The van der Waals surface area contributed by atoms with Crippen LogP contribution in [0.15, 0.2) is 30.3 Å². The second-order valence-electron chi connectivity index (χ2n) is 3.81. The number of nitrogens with one attached hydrogen (secondary N) is 2. The largest absolute Gasteiger partial charge is 0.482 e. The molecule has 0 saturated heterocycles. The summed E-state index contributed by atoms with van der Waals surface area (Å²) in [4.78, 5) is 11.6. The summed E-state index contributed by atoms with van der Waals surface area (Å²) in [7, 11) is 0. The predicted octanol–water partition coefficient (Wildman–Crippen LogP) is 1.32. The van der Waals surface area contributed by atoms with Crippen molar-refractivity contribution in [1.82, 2.24) is 10.2 Å². The minimum absolute atomic E-state index is 0.111. The van der Waals surface area contributed by atoms with E-state index in [1.807, 2.05) is 6.92 Å². The van der Waals surface area contributed by atoms with Crippen LogP contribution in [0.25, 0.3) is 0 Å². The summed E-state index contributed by atoms with van der Waals surface area (Å²) in [6, 6.07) is 8.75. The minimum Gasteiger partial charge on any atom is -0.482 e. The van der Waals surface area contributed by atoms with Gasteiger partial charge in [0.25, 0.3) is 5.91 Å². The molecule has 2 rings (SSSR count). The van der Waals surface area contributed by atoms with Crippen molar-refractivity contribution in [2.24, 2.45) is 0 Å². The molecule has 0 radical (unpaired) electrons. The average Bonchev–Trinajstić information content (AvgIpc) is 2.74.